The van der Waals surface area contributed by atoms with Crippen LogP contribution in [0.15, 0.2) is 42.5 Å². The van der Waals surface area contributed by atoms with Crippen LogP contribution >= 0.6 is 0 Å². The number of nitrogens with zero attached hydrogens (tertiary/aromatic N) is 1. The van der Waals surface area contributed by atoms with E-state index in [-0.39, 0.29) is 11.3 Å². The zero-order valence-electron chi connectivity index (χ0n) is 12.8. The zero-order valence-corrected chi connectivity index (χ0v) is 12.8. The van der Waals surface area contributed by atoms with Gasteiger partial charge >= 0.3 is 5.97 Å². The van der Waals surface area contributed by atoms with Gasteiger partial charge in [0.05, 0.1) is 23.9 Å². The van der Waals surface area contributed by atoms with Crippen LogP contribution in [0.4, 0.5) is 0 Å². The molecule has 0 fully saturated rings. The van der Waals surface area contributed by atoms with E-state index in [1.54, 1.807) is 6.07 Å². The zero-order chi connectivity index (χ0) is 16.6. The third kappa shape index (κ3) is 2.14. The first-order valence-corrected chi connectivity index (χ1v) is 7.04. The molecule has 0 bridgehead atoms. The van der Waals surface area contributed by atoms with Gasteiger partial charge in [0.1, 0.15) is 5.56 Å². The standard InChI is InChI=1S/C19H15NO3/c1-4-13-14-10-11-15(19(22)23-3)18(21)17(14)20(2)16(13)12-8-6-5-7-9-12/h1,5-11,21H,2-3H3. The smallest absolute Gasteiger partial charge is 0.341 e. The number of aryl methyl sites for hydroxylation is 1. The number of terminal acetylenes is 1. The van der Waals surface area contributed by atoms with Crippen LogP contribution in [-0.2, 0) is 11.8 Å². The maximum atomic E-state index is 11.8. The predicted molar refractivity (Wildman–Crippen MR) is 89.3 cm³/mol. The molecular weight excluding hydrogens is 290 g/mol. The maximum absolute atomic E-state index is 11.8. The Hall–Kier alpha value is -3.19. The lowest BCUT2D eigenvalue weighted by atomic mass is 10.0. The molecule has 114 valence electrons. The van der Waals surface area contributed by atoms with Crippen molar-refractivity contribution in [2.24, 2.45) is 7.05 Å². The van der Waals surface area contributed by atoms with E-state index in [4.69, 9.17) is 11.2 Å². The molecule has 0 amide bonds. The van der Waals surface area contributed by atoms with E-state index in [1.807, 2.05) is 41.9 Å². The molecule has 2 aromatic carbocycles. The van der Waals surface area contributed by atoms with Gasteiger partial charge in [0, 0.05) is 12.4 Å². The van der Waals surface area contributed by atoms with E-state index in [9.17, 15) is 9.90 Å². The van der Waals surface area contributed by atoms with Gasteiger partial charge in [0.25, 0.3) is 0 Å². The third-order valence-electron chi connectivity index (χ3n) is 3.93. The number of aromatic nitrogens is 1. The van der Waals surface area contributed by atoms with Crippen molar-refractivity contribution in [2.75, 3.05) is 7.11 Å². The lowest BCUT2D eigenvalue weighted by Crippen LogP contribution is -2.02. The summed E-state index contributed by atoms with van der Waals surface area (Å²) in [5, 5.41) is 11.2. The fourth-order valence-corrected chi connectivity index (χ4v) is 2.88. The monoisotopic (exact) mass is 305 g/mol. The Kier molecular flexibility index (Phi) is 3.55. The number of hydrogen-bond donors (Lipinski definition) is 1. The summed E-state index contributed by atoms with van der Waals surface area (Å²) < 4.78 is 6.51. The van der Waals surface area contributed by atoms with Crippen LogP contribution < -0.4 is 0 Å². The number of fused-ring (bicyclic) bond motifs is 1. The van der Waals surface area contributed by atoms with Gasteiger partial charge in [0.15, 0.2) is 5.75 Å². The number of rotatable bonds is 2. The predicted octanol–water partition coefficient (Wildman–Crippen LogP) is 3.32. The lowest BCUT2D eigenvalue weighted by molar-refractivity contribution is 0.0597. The highest BCUT2D eigenvalue weighted by molar-refractivity contribution is 6.04. The van der Waals surface area contributed by atoms with Gasteiger partial charge in [-0.1, -0.05) is 42.3 Å². The Labute approximate surface area is 133 Å². The molecule has 0 saturated heterocycles. The number of phenols is 1. The number of ether oxygens (including phenoxy) is 1. The second-order valence-electron chi connectivity index (χ2n) is 5.14. The molecule has 3 rings (SSSR count). The van der Waals surface area contributed by atoms with Gasteiger partial charge in [0.2, 0.25) is 0 Å². The molecule has 1 N–H and O–H groups in total. The number of benzene rings is 2. The molecule has 0 aliphatic carbocycles. The van der Waals surface area contributed by atoms with Gasteiger partial charge in [-0.3, -0.25) is 0 Å². The molecule has 0 radical (unpaired) electrons. The van der Waals surface area contributed by atoms with Gasteiger partial charge in [-0.25, -0.2) is 4.79 Å². The Bertz CT molecular complexity index is 946. The van der Waals surface area contributed by atoms with Crippen LogP contribution in [0.5, 0.6) is 5.75 Å². The van der Waals surface area contributed by atoms with Crippen molar-refractivity contribution in [3.63, 3.8) is 0 Å². The van der Waals surface area contributed by atoms with Crippen LogP contribution in [0, 0.1) is 12.3 Å². The first-order chi connectivity index (χ1) is 11.1. The molecule has 1 aromatic heterocycles. The van der Waals surface area contributed by atoms with E-state index >= 15 is 0 Å². The molecule has 0 unspecified atom stereocenters. The molecule has 1 heterocycles. The fourth-order valence-electron chi connectivity index (χ4n) is 2.88. The first-order valence-electron chi connectivity index (χ1n) is 7.04. The normalized spacial score (nSPS) is 10.5. The number of carbonyl (C=O) groups is 1. The van der Waals surface area contributed by atoms with Gasteiger partial charge < -0.3 is 14.4 Å². The van der Waals surface area contributed by atoms with Crippen LogP contribution in [0.2, 0.25) is 0 Å². The minimum absolute atomic E-state index is 0.115. The average Bonchev–Trinajstić information content (AvgIpc) is 2.88. The van der Waals surface area contributed by atoms with E-state index < -0.39 is 5.97 Å². The van der Waals surface area contributed by atoms with E-state index in [0.717, 1.165) is 16.6 Å². The van der Waals surface area contributed by atoms with Crippen LogP contribution in [0.3, 0.4) is 0 Å². The van der Waals surface area contributed by atoms with Crippen LogP contribution in [-0.4, -0.2) is 22.8 Å². The van der Waals surface area contributed by atoms with Gasteiger partial charge in [-0.2, -0.15) is 0 Å². The molecule has 0 aliphatic heterocycles. The number of carbonyl (C=O) groups excluding carboxylic acids is 1. The summed E-state index contributed by atoms with van der Waals surface area (Å²) in [6.45, 7) is 0. The highest BCUT2D eigenvalue weighted by Gasteiger charge is 2.22. The topological polar surface area (TPSA) is 51.5 Å². The minimum Gasteiger partial charge on any atom is -0.505 e. The number of methoxy groups -OCH3 is 1. The average molecular weight is 305 g/mol. The van der Waals surface area contributed by atoms with Crippen molar-refractivity contribution < 1.29 is 14.6 Å². The molecule has 0 aliphatic rings. The summed E-state index contributed by atoms with van der Waals surface area (Å²) in [5.74, 6) is 1.98. The number of phenolic OH excluding ortho intramolecular Hbond substituents is 1. The van der Waals surface area contributed by atoms with E-state index in [1.165, 1.54) is 13.2 Å². The van der Waals surface area contributed by atoms with Crippen molar-refractivity contribution >= 4 is 16.9 Å². The number of esters is 1. The summed E-state index contributed by atoms with van der Waals surface area (Å²) in [7, 11) is 3.09. The van der Waals surface area contributed by atoms with Gasteiger partial charge in [-0.15, -0.1) is 6.42 Å². The fraction of sp³-hybridized carbons (Fsp3) is 0.105. The third-order valence-corrected chi connectivity index (χ3v) is 3.93. The van der Waals surface area contributed by atoms with Crippen molar-refractivity contribution in [2.45, 2.75) is 0 Å². The SMILES string of the molecule is C#Cc1c(-c2ccccc2)n(C)c2c(O)c(C(=O)OC)ccc12. The van der Waals surface area contributed by atoms with Crippen LogP contribution in [0.1, 0.15) is 15.9 Å². The Balaban J connectivity index is 2.41. The Morgan fingerprint density at radius 1 is 1.22 bits per heavy atom. The lowest BCUT2D eigenvalue weighted by Gasteiger charge is -2.07. The van der Waals surface area contributed by atoms with E-state index in [0.29, 0.717) is 11.1 Å². The minimum atomic E-state index is -0.589. The molecule has 0 saturated carbocycles. The number of aromatic hydroxyl groups is 1. The van der Waals surface area contributed by atoms with Crippen molar-refractivity contribution in [3.8, 4) is 29.4 Å². The highest BCUT2D eigenvalue weighted by atomic mass is 16.5. The van der Waals surface area contributed by atoms with Crippen molar-refractivity contribution in [1.82, 2.24) is 4.57 Å². The summed E-state index contributed by atoms with van der Waals surface area (Å²) >= 11 is 0. The second kappa shape index (κ2) is 5.54. The Morgan fingerprint density at radius 3 is 2.52 bits per heavy atom. The summed E-state index contributed by atoms with van der Waals surface area (Å²) in [6, 6.07) is 12.9. The summed E-state index contributed by atoms with van der Waals surface area (Å²) in [6.07, 6.45) is 5.70. The molecule has 4 nitrogen and oxygen atoms in total. The molecule has 3 aromatic rings. The van der Waals surface area contributed by atoms with Crippen molar-refractivity contribution in [3.05, 3.63) is 53.6 Å². The first kappa shape index (κ1) is 14.7. The highest BCUT2D eigenvalue weighted by Crippen LogP contribution is 2.38. The largest absolute Gasteiger partial charge is 0.505 e. The Morgan fingerprint density at radius 2 is 1.91 bits per heavy atom. The molecular formula is C19H15NO3. The quantitative estimate of drug-likeness (QED) is 0.584. The maximum Gasteiger partial charge on any atom is 0.341 e. The second-order valence-corrected chi connectivity index (χ2v) is 5.14. The van der Waals surface area contributed by atoms with Crippen LogP contribution in [0.25, 0.3) is 22.2 Å². The summed E-state index contributed by atoms with van der Waals surface area (Å²) in [4.78, 5) is 11.8. The van der Waals surface area contributed by atoms with Crippen molar-refractivity contribution in [1.29, 1.82) is 0 Å². The number of hydrogen-bond acceptors (Lipinski definition) is 3. The van der Waals surface area contributed by atoms with Gasteiger partial charge in [-0.05, 0) is 11.6 Å². The molecule has 0 spiro atoms. The molecule has 4 heteroatoms. The molecule has 23 heavy (non-hydrogen) atoms. The van der Waals surface area contributed by atoms with E-state index in [2.05, 4.69) is 5.92 Å². The summed E-state index contributed by atoms with van der Waals surface area (Å²) in [5.41, 5.74) is 3.07. The molecule has 0 atom stereocenters.